The Morgan fingerprint density at radius 3 is 2.33 bits per heavy atom. The number of alkyl halides is 3. The molecule has 0 aliphatic heterocycles. The number of amides is 1. The Kier molecular flexibility index (Phi) is 6.70. The number of ether oxygens (including phenoxy) is 1. The van der Waals surface area contributed by atoms with E-state index < -0.39 is 17.8 Å². The first-order chi connectivity index (χ1) is 15.8. The molecule has 0 radical (unpaired) electrons. The lowest BCUT2D eigenvalue weighted by atomic mass is 9.98. The van der Waals surface area contributed by atoms with Gasteiger partial charge in [0.25, 0.3) is 0 Å². The van der Waals surface area contributed by atoms with E-state index >= 15 is 0 Å². The number of fused-ring (bicyclic) bond motifs is 3. The second-order valence-electron chi connectivity index (χ2n) is 7.53. The molecule has 0 spiro atoms. The summed E-state index contributed by atoms with van der Waals surface area (Å²) in [5.41, 5.74) is 3.91. The summed E-state index contributed by atoms with van der Waals surface area (Å²) in [5, 5.41) is 2.58. The number of nitrogens with one attached hydrogen (secondary N) is 1. The van der Waals surface area contributed by atoms with Crippen LogP contribution >= 0.6 is 11.6 Å². The smallest absolute Gasteiger partial charge is 0.417 e. The highest BCUT2D eigenvalue weighted by Gasteiger charge is 2.31. The van der Waals surface area contributed by atoms with Crippen LogP contribution in [-0.2, 0) is 10.9 Å². The summed E-state index contributed by atoms with van der Waals surface area (Å²) in [7, 11) is 0. The van der Waals surface area contributed by atoms with Gasteiger partial charge in [0.2, 0.25) is 0 Å². The number of aromatic nitrogens is 1. The van der Waals surface area contributed by atoms with Gasteiger partial charge in [0.1, 0.15) is 6.61 Å². The first-order valence-electron chi connectivity index (χ1n) is 10.3. The number of carbonyl (C=O) groups excluding carboxylic acids is 1. The lowest BCUT2D eigenvalue weighted by molar-refractivity contribution is -0.137. The van der Waals surface area contributed by atoms with Crippen LogP contribution in [0.25, 0.3) is 17.2 Å². The number of halogens is 4. The van der Waals surface area contributed by atoms with Crippen molar-refractivity contribution in [1.29, 1.82) is 0 Å². The van der Waals surface area contributed by atoms with Crippen LogP contribution in [0.3, 0.4) is 0 Å². The highest BCUT2D eigenvalue weighted by Crippen LogP contribution is 2.44. The molecule has 1 N–H and O–H groups in total. The molecule has 33 heavy (non-hydrogen) atoms. The van der Waals surface area contributed by atoms with Gasteiger partial charge in [0, 0.05) is 18.7 Å². The van der Waals surface area contributed by atoms with Crippen LogP contribution in [0.1, 0.15) is 34.7 Å². The van der Waals surface area contributed by atoms with Gasteiger partial charge < -0.3 is 10.1 Å². The summed E-state index contributed by atoms with van der Waals surface area (Å²) in [5.74, 6) is -0.0177. The van der Waals surface area contributed by atoms with Crippen molar-refractivity contribution in [2.75, 3.05) is 13.2 Å². The summed E-state index contributed by atoms with van der Waals surface area (Å²) in [6.45, 7) is 0.520. The Morgan fingerprint density at radius 1 is 1.09 bits per heavy atom. The van der Waals surface area contributed by atoms with Crippen LogP contribution in [0.4, 0.5) is 18.0 Å². The maximum absolute atomic E-state index is 12.7. The van der Waals surface area contributed by atoms with Crippen molar-refractivity contribution >= 4 is 23.8 Å². The van der Waals surface area contributed by atoms with Crippen LogP contribution in [-0.4, -0.2) is 24.2 Å². The van der Waals surface area contributed by atoms with Crippen LogP contribution in [0.5, 0.6) is 0 Å². The summed E-state index contributed by atoms with van der Waals surface area (Å²) < 4.78 is 43.5. The minimum absolute atomic E-state index is 0.0177. The molecule has 2 aromatic carbocycles. The molecule has 0 atom stereocenters. The Bertz CT molecular complexity index is 1150. The second-order valence-corrected chi connectivity index (χ2v) is 7.94. The molecule has 170 valence electrons. The van der Waals surface area contributed by atoms with E-state index in [1.165, 1.54) is 6.08 Å². The third-order valence-electron chi connectivity index (χ3n) is 5.40. The Labute approximate surface area is 194 Å². The molecule has 1 aliphatic carbocycles. The van der Waals surface area contributed by atoms with E-state index in [1.807, 2.05) is 36.4 Å². The van der Waals surface area contributed by atoms with Gasteiger partial charge in [-0.2, -0.15) is 13.2 Å². The zero-order valence-corrected chi connectivity index (χ0v) is 18.2. The third-order valence-corrected chi connectivity index (χ3v) is 5.70. The molecule has 0 bridgehead atoms. The summed E-state index contributed by atoms with van der Waals surface area (Å²) in [6, 6.07) is 17.0. The van der Waals surface area contributed by atoms with Crippen molar-refractivity contribution in [2.45, 2.75) is 18.5 Å². The van der Waals surface area contributed by atoms with Gasteiger partial charge in [-0.05, 0) is 40.8 Å². The first-order valence-corrected chi connectivity index (χ1v) is 10.7. The molecule has 0 fully saturated rings. The Balaban J connectivity index is 1.26. The van der Waals surface area contributed by atoms with Gasteiger partial charge >= 0.3 is 12.3 Å². The Hall–Kier alpha value is -3.32. The van der Waals surface area contributed by atoms with Gasteiger partial charge in [-0.15, -0.1) is 0 Å². The average Bonchev–Trinajstić information content (AvgIpc) is 3.11. The van der Waals surface area contributed by atoms with Crippen LogP contribution in [0.15, 0.2) is 66.9 Å². The maximum Gasteiger partial charge on any atom is 0.417 e. The normalized spacial score (nSPS) is 13.1. The van der Waals surface area contributed by atoms with Crippen molar-refractivity contribution in [1.82, 2.24) is 10.3 Å². The number of hydrogen-bond acceptors (Lipinski definition) is 3. The van der Waals surface area contributed by atoms with E-state index in [-0.39, 0.29) is 23.2 Å². The van der Waals surface area contributed by atoms with Crippen molar-refractivity contribution < 1.29 is 22.7 Å². The van der Waals surface area contributed by atoms with Gasteiger partial charge in [0.15, 0.2) is 0 Å². The number of nitrogens with zero attached hydrogens (tertiary/aromatic N) is 1. The molecule has 0 saturated carbocycles. The van der Waals surface area contributed by atoms with E-state index in [0.29, 0.717) is 13.0 Å². The summed E-state index contributed by atoms with van der Waals surface area (Å²) in [6.07, 6.45) is -0.668. The second kappa shape index (κ2) is 9.67. The minimum Gasteiger partial charge on any atom is -0.449 e. The fraction of sp³-hybridized carbons (Fsp3) is 0.200. The fourth-order valence-corrected chi connectivity index (χ4v) is 4.06. The number of benzene rings is 2. The van der Waals surface area contributed by atoms with Gasteiger partial charge in [-0.25, -0.2) is 4.79 Å². The van der Waals surface area contributed by atoms with E-state index in [2.05, 4.69) is 22.4 Å². The quantitative estimate of drug-likeness (QED) is 0.406. The van der Waals surface area contributed by atoms with E-state index in [4.69, 9.17) is 16.3 Å². The van der Waals surface area contributed by atoms with Crippen molar-refractivity contribution in [3.63, 3.8) is 0 Å². The molecule has 1 aliphatic rings. The molecule has 1 amide bonds. The summed E-state index contributed by atoms with van der Waals surface area (Å²) >= 11 is 5.87. The predicted octanol–water partition coefficient (Wildman–Crippen LogP) is 6.70. The SMILES string of the molecule is O=C(NCCC=Cc1ncc(C(F)(F)F)cc1Cl)OCC1c2ccccc2-c2ccccc21. The fourth-order valence-electron chi connectivity index (χ4n) is 3.83. The molecule has 1 heterocycles. The van der Waals surface area contributed by atoms with E-state index in [1.54, 1.807) is 6.08 Å². The highest BCUT2D eigenvalue weighted by molar-refractivity contribution is 6.31. The van der Waals surface area contributed by atoms with E-state index in [9.17, 15) is 18.0 Å². The van der Waals surface area contributed by atoms with Crippen LogP contribution < -0.4 is 5.32 Å². The molecule has 8 heteroatoms. The number of pyridine rings is 1. The molecule has 4 rings (SSSR count). The topological polar surface area (TPSA) is 51.2 Å². The number of hydrogen-bond donors (Lipinski definition) is 1. The summed E-state index contributed by atoms with van der Waals surface area (Å²) in [4.78, 5) is 15.9. The zero-order chi connectivity index (χ0) is 23.4. The molecule has 3 aromatic rings. The first kappa shape index (κ1) is 22.9. The van der Waals surface area contributed by atoms with Crippen molar-refractivity contribution in [2.24, 2.45) is 0 Å². The molecule has 0 unspecified atom stereocenters. The van der Waals surface area contributed by atoms with Crippen molar-refractivity contribution in [3.05, 3.63) is 94.3 Å². The monoisotopic (exact) mass is 472 g/mol. The average molecular weight is 473 g/mol. The van der Waals surface area contributed by atoms with Crippen LogP contribution in [0.2, 0.25) is 5.02 Å². The van der Waals surface area contributed by atoms with Crippen LogP contribution in [0, 0.1) is 0 Å². The number of carbonyl (C=O) groups is 1. The lowest BCUT2D eigenvalue weighted by Gasteiger charge is -2.14. The standard InChI is InChI=1S/C25H20ClF3N2O2/c26-22-13-16(25(27,28)29)14-31-23(22)11-5-6-12-30-24(32)33-15-21-19-9-3-1-7-17(19)18-8-2-4-10-20(18)21/h1-5,7-11,13-14,21H,6,12,15H2,(H,30,32). The number of alkyl carbamates (subject to hydrolysis) is 1. The van der Waals surface area contributed by atoms with Gasteiger partial charge in [0.05, 0.1) is 16.3 Å². The maximum atomic E-state index is 12.7. The Morgan fingerprint density at radius 2 is 1.73 bits per heavy atom. The van der Waals surface area contributed by atoms with Gasteiger partial charge in [-0.1, -0.05) is 66.2 Å². The zero-order valence-electron chi connectivity index (χ0n) is 17.4. The number of rotatable bonds is 6. The lowest BCUT2D eigenvalue weighted by Crippen LogP contribution is -2.26. The van der Waals surface area contributed by atoms with Crippen molar-refractivity contribution in [3.8, 4) is 11.1 Å². The molecular formula is C25H20ClF3N2O2. The molecular weight excluding hydrogens is 453 g/mol. The van der Waals surface area contributed by atoms with E-state index in [0.717, 1.165) is 34.5 Å². The third kappa shape index (κ3) is 5.20. The largest absolute Gasteiger partial charge is 0.449 e. The van der Waals surface area contributed by atoms with Gasteiger partial charge in [-0.3, -0.25) is 4.98 Å². The minimum atomic E-state index is -4.49. The molecule has 4 nitrogen and oxygen atoms in total. The molecule has 0 saturated heterocycles. The predicted molar refractivity (Wildman–Crippen MR) is 121 cm³/mol. The molecule has 1 aromatic heterocycles. The highest BCUT2D eigenvalue weighted by atomic mass is 35.5.